The second-order valence-corrected chi connectivity index (χ2v) is 6.03. The summed E-state index contributed by atoms with van der Waals surface area (Å²) in [6.07, 6.45) is 0. The summed E-state index contributed by atoms with van der Waals surface area (Å²) in [7, 11) is 0. The Morgan fingerprint density at radius 2 is 1.81 bits per heavy atom. The van der Waals surface area contributed by atoms with Crippen LogP contribution in [0, 0.1) is 0 Å². The predicted molar refractivity (Wildman–Crippen MR) is 90.9 cm³/mol. The minimum atomic E-state index is -0.390. The molecule has 0 heterocycles. The van der Waals surface area contributed by atoms with E-state index in [2.05, 4.69) is 29.6 Å². The highest BCUT2D eigenvalue weighted by Crippen LogP contribution is 2.21. The maximum Gasteiger partial charge on any atom is 0.227 e. The van der Waals surface area contributed by atoms with Gasteiger partial charge in [-0.15, -0.1) is 12.4 Å². The molecule has 2 rings (SSSR count). The van der Waals surface area contributed by atoms with Gasteiger partial charge >= 0.3 is 0 Å². The number of nitrogens with two attached hydrogens (primary N) is 1. The average Bonchev–Trinajstić information content (AvgIpc) is 2.42. The molecule has 4 heteroatoms. The van der Waals surface area contributed by atoms with Gasteiger partial charge < -0.3 is 11.1 Å². The Morgan fingerprint density at radius 1 is 1.19 bits per heavy atom. The van der Waals surface area contributed by atoms with Crippen LogP contribution in [0.5, 0.6) is 0 Å². The number of carbonyl (C=O) groups excluding carboxylic acids is 1. The van der Waals surface area contributed by atoms with Crippen LogP contribution >= 0.6 is 12.4 Å². The van der Waals surface area contributed by atoms with Crippen LogP contribution in [0.4, 0.5) is 0 Å². The van der Waals surface area contributed by atoms with Crippen molar-refractivity contribution in [3.05, 3.63) is 48.0 Å². The van der Waals surface area contributed by atoms with Crippen molar-refractivity contribution in [2.45, 2.75) is 32.2 Å². The first-order valence-electron chi connectivity index (χ1n) is 6.92. The van der Waals surface area contributed by atoms with Gasteiger partial charge in [0.25, 0.3) is 0 Å². The molecule has 0 saturated heterocycles. The summed E-state index contributed by atoms with van der Waals surface area (Å²) in [5, 5.41) is 5.25. The number of halogens is 1. The molecular formula is C17H23ClN2O. The van der Waals surface area contributed by atoms with E-state index >= 15 is 0 Å². The third-order valence-corrected chi connectivity index (χ3v) is 3.39. The molecule has 2 aromatic rings. The first kappa shape index (κ1) is 17.5. The molecular weight excluding hydrogens is 284 g/mol. The fourth-order valence-electron chi connectivity index (χ4n) is 2.10. The molecule has 0 saturated carbocycles. The molecule has 1 amide bonds. The fraction of sp³-hybridized carbons (Fsp3) is 0.353. The van der Waals surface area contributed by atoms with Crippen molar-refractivity contribution in [1.29, 1.82) is 0 Å². The summed E-state index contributed by atoms with van der Waals surface area (Å²) in [4.78, 5) is 12.2. The average molecular weight is 307 g/mol. The van der Waals surface area contributed by atoms with E-state index in [1.54, 1.807) is 0 Å². The van der Waals surface area contributed by atoms with Crippen molar-refractivity contribution in [1.82, 2.24) is 5.32 Å². The molecule has 2 aromatic carbocycles. The number of nitrogens with one attached hydrogen (secondary N) is 1. The summed E-state index contributed by atoms with van der Waals surface area (Å²) >= 11 is 0. The second kappa shape index (κ2) is 6.92. The number of benzene rings is 2. The molecule has 1 unspecified atom stereocenters. The number of hydrogen-bond acceptors (Lipinski definition) is 2. The summed E-state index contributed by atoms with van der Waals surface area (Å²) in [6, 6.07) is 14.3. The van der Waals surface area contributed by atoms with Gasteiger partial charge in [-0.3, -0.25) is 4.79 Å². The van der Waals surface area contributed by atoms with Crippen LogP contribution in [0.2, 0.25) is 0 Å². The van der Waals surface area contributed by atoms with Crippen LogP contribution < -0.4 is 11.1 Å². The van der Waals surface area contributed by atoms with Gasteiger partial charge in [-0.25, -0.2) is 0 Å². The topological polar surface area (TPSA) is 55.1 Å². The molecule has 1 atom stereocenters. The summed E-state index contributed by atoms with van der Waals surface area (Å²) in [6.45, 7) is 6.19. The van der Waals surface area contributed by atoms with Crippen LogP contribution in [0.15, 0.2) is 42.5 Å². The Bertz CT molecular complexity index is 619. The first-order valence-corrected chi connectivity index (χ1v) is 6.92. The first-order chi connectivity index (χ1) is 9.37. The predicted octanol–water partition coefficient (Wildman–Crippen LogP) is 3.22. The number of hydrogen-bond donors (Lipinski definition) is 2. The fourth-order valence-corrected chi connectivity index (χ4v) is 2.10. The monoisotopic (exact) mass is 306 g/mol. The van der Waals surface area contributed by atoms with Crippen molar-refractivity contribution in [2.75, 3.05) is 6.54 Å². The molecule has 0 aliphatic carbocycles. The molecule has 0 bridgehead atoms. The maximum atomic E-state index is 12.2. The third-order valence-electron chi connectivity index (χ3n) is 3.39. The van der Waals surface area contributed by atoms with Crippen molar-refractivity contribution in [3.63, 3.8) is 0 Å². The standard InChI is InChI=1S/C17H22N2O.ClH/c1-12(16(20)19-11-17(2,3)18)14-9-8-13-6-4-5-7-15(13)10-14;/h4-10,12H,11,18H2,1-3H3,(H,19,20);1H. The van der Waals surface area contributed by atoms with Gasteiger partial charge in [0.1, 0.15) is 0 Å². The Kier molecular flexibility index (Phi) is 5.76. The second-order valence-electron chi connectivity index (χ2n) is 6.03. The molecule has 3 N–H and O–H groups in total. The number of amides is 1. The van der Waals surface area contributed by atoms with Crippen LogP contribution in [-0.4, -0.2) is 18.0 Å². The highest BCUT2D eigenvalue weighted by Gasteiger charge is 2.18. The molecule has 0 aliphatic heterocycles. The maximum absolute atomic E-state index is 12.2. The van der Waals surface area contributed by atoms with Crippen LogP contribution in [0.3, 0.4) is 0 Å². The lowest BCUT2D eigenvalue weighted by atomic mass is 9.96. The van der Waals surface area contributed by atoms with Crippen molar-refractivity contribution in [2.24, 2.45) is 5.73 Å². The zero-order valence-electron chi connectivity index (χ0n) is 12.7. The summed E-state index contributed by atoms with van der Waals surface area (Å²) < 4.78 is 0. The molecule has 0 fully saturated rings. The molecule has 114 valence electrons. The zero-order valence-corrected chi connectivity index (χ0v) is 13.5. The molecule has 3 nitrogen and oxygen atoms in total. The molecule has 0 aliphatic rings. The van der Waals surface area contributed by atoms with Crippen LogP contribution in [0.1, 0.15) is 32.3 Å². The van der Waals surface area contributed by atoms with E-state index in [1.807, 2.05) is 39.0 Å². The Hall–Kier alpha value is -1.58. The van der Waals surface area contributed by atoms with Crippen molar-refractivity contribution < 1.29 is 4.79 Å². The van der Waals surface area contributed by atoms with Crippen LogP contribution in [0.25, 0.3) is 10.8 Å². The van der Waals surface area contributed by atoms with E-state index in [-0.39, 0.29) is 24.2 Å². The van der Waals surface area contributed by atoms with Gasteiger partial charge in [0.2, 0.25) is 5.91 Å². The number of fused-ring (bicyclic) bond motifs is 1. The van der Waals surface area contributed by atoms with Gasteiger partial charge in [-0.1, -0.05) is 42.5 Å². The van der Waals surface area contributed by atoms with E-state index < -0.39 is 5.54 Å². The van der Waals surface area contributed by atoms with Gasteiger partial charge in [-0.2, -0.15) is 0 Å². The largest absolute Gasteiger partial charge is 0.354 e. The minimum absolute atomic E-state index is 0. The quantitative estimate of drug-likeness (QED) is 0.911. The minimum Gasteiger partial charge on any atom is -0.354 e. The molecule has 21 heavy (non-hydrogen) atoms. The van der Waals surface area contributed by atoms with E-state index in [9.17, 15) is 4.79 Å². The normalized spacial score (nSPS) is 12.6. The Labute approximate surface area is 132 Å². The Morgan fingerprint density at radius 3 is 2.43 bits per heavy atom. The van der Waals surface area contributed by atoms with Gasteiger partial charge in [0.05, 0.1) is 5.92 Å². The molecule has 0 aromatic heterocycles. The zero-order chi connectivity index (χ0) is 14.8. The SMILES string of the molecule is CC(C(=O)NCC(C)(C)N)c1ccc2ccccc2c1.Cl. The third kappa shape index (κ3) is 4.73. The number of rotatable bonds is 4. The molecule has 0 spiro atoms. The lowest BCUT2D eigenvalue weighted by Gasteiger charge is -2.21. The van der Waals surface area contributed by atoms with E-state index in [0.29, 0.717) is 6.54 Å². The summed E-state index contributed by atoms with van der Waals surface area (Å²) in [5.41, 5.74) is 6.52. The highest BCUT2D eigenvalue weighted by molar-refractivity contribution is 5.87. The number of carbonyl (C=O) groups is 1. The lowest BCUT2D eigenvalue weighted by Crippen LogP contribution is -2.46. The van der Waals surface area contributed by atoms with Gasteiger partial charge in [0, 0.05) is 12.1 Å². The van der Waals surface area contributed by atoms with Crippen molar-refractivity contribution in [3.8, 4) is 0 Å². The van der Waals surface area contributed by atoms with Gasteiger partial charge in [0.15, 0.2) is 0 Å². The summed E-state index contributed by atoms with van der Waals surface area (Å²) in [5.74, 6) is -0.166. The smallest absolute Gasteiger partial charge is 0.227 e. The van der Waals surface area contributed by atoms with Crippen LogP contribution in [-0.2, 0) is 4.79 Å². The highest BCUT2D eigenvalue weighted by atomic mass is 35.5. The Balaban J connectivity index is 0.00000220. The van der Waals surface area contributed by atoms with Gasteiger partial charge in [-0.05, 0) is 37.1 Å². The van der Waals surface area contributed by atoms with E-state index in [1.165, 1.54) is 5.39 Å². The van der Waals surface area contributed by atoms with E-state index in [4.69, 9.17) is 5.73 Å². The van der Waals surface area contributed by atoms with Crippen molar-refractivity contribution >= 4 is 29.1 Å². The lowest BCUT2D eigenvalue weighted by molar-refractivity contribution is -0.122. The molecule has 0 radical (unpaired) electrons. The van der Waals surface area contributed by atoms with E-state index in [0.717, 1.165) is 10.9 Å².